The van der Waals surface area contributed by atoms with Gasteiger partial charge >= 0.3 is 0 Å². The van der Waals surface area contributed by atoms with Crippen LogP contribution in [0, 0.1) is 5.41 Å². The molecular weight excluding hydrogens is 739 g/mol. The van der Waals surface area contributed by atoms with Crippen molar-refractivity contribution in [2.24, 2.45) is 4.99 Å². The summed E-state index contributed by atoms with van der Waals surface area (Å²) in [5, 5.41) is 13.5. The van der Waals surface area contributed by atoms with Crippen molar-refractivity contribution in [3.63, 3.8) is 0 Å². The van der Waals surface area contributed by atoms with Gasteiger partial charge in [0.05, 0.1) is 0 Å². The second-order valence-electron chi connectivity index (χ2n) is 13.5. The van der Waals surface area contributed by atoms with Gasteiger partial charge in [-0.1, -0.05) is 128 Å². The Kier molecular flexibility index (Phi) is 8.55. The number of rotatable bonds is 8. The molecule has 0 radical (unpaired) electrons. The van der Waals surface area contributed by atoms with Crippen LogP contribution in [0.15, 0.2) is 174 Å². The van der Waals surface area contributed by atoms with E-state index >= 15 is 0 Å². The number of nitrogens with zero attached hydrogens (tertiary/aromatic N) is 4. The summed E-state index contributed by atoms with van der Waals surface area (Å²) >= 11 is 3.33. The van der Waals surface area contributed by atoms with Gasteiger partial charge in [-0.25, -0.2) is 19.9 Å². The fraction of sp³-hybridized carbons (Fsp3) is 0. The molecule has 57 heavy (non-hydrogen) atoms. The van der Waals surface area contributed by atoms with Gasteiger partial charge < -0.3 is 4.42 Å². The summed E-state index contributed by atoms with van der Waals surface area (Å²) in [6.07, 6.45) is 1.83. The minimum Gasteiger partial charge on any atom is -0.454 e. The summed E-state index contributed by atoms with van der Waals surface area (Å²) in [6.45, 7) is 8.59. The van der Waals surface area contributed by atoms with Crippen LogP contribution in [0.5, 0.6) is 0 Å². The highest BCUT2D eigenvalue weighted by molar-refractivity contribution is 7.26. The summed E-state index contributed by atoms with van der Waals surface area (Å²) < 4.78 is 9.67. The summed E-state index contributed by atoms with van der Waals surface area (Å²) in [4.78, 5) is 21.0. The number of hydrogen-bond donors (Lipinski definition) is 1. The molecule has 10 aromatic rings. The zero-order chi connectivity index (χ0) is 38.5. The monoisotopic (exact) mass is 769 g/mol. The van der Waals surface area contributed by atoms with Crippen molar-refractivity contribution in [1.82, 2.24) is 15.0 Å². The van der Waals surface area contributed by atoms with Gasteiger partial charge in [-0.15, -0.1) is 22.7 Å². The predicted octanol–water partition coefficient (Wildman–Crippen LogP) is 13.4. The maximum absolute atomic E-state index is 9.24. The van der Waals surface area contributed by atoms with Crippen LogP contribution in [-0.4, -0.2) is 26.5 Å². The molecule has 0 amide bonds. The highest BCUT2D eigenvalue weighted by atomic mass is 32.1. The van der Waals surface area contributed by atoms with Crippen LogP contribution < -0.4 is 0 Å². The van der Waals surface area contributed by atoms with Gasteiger partial charge in [-0.2, -0.15) is 0 Å². The first kappa shape index (κ1) is 34.4. The molecule has 8 heteroatoms. The molecule has 0 bridgehead atoms. The largest absolute Gasteiger partial charge is 0.454 e. The third-order valence-electron chi connectivity index (χ3n) is 9.99. The van der Waals surface area contributed by atoms with E-state index in [4.69, 9.17) is 24.4 Å². The molecule has 4 heterocycles. The Morgan fingerprint density at radius 3 is 2.12 bits per heavy atom. The molecule has 270 valence electrons. The molecule has 0 aliphatic rings. The third-order valence-corrected chi connectivity index (χ3v) is 12.4. The van der Waals surface area contributed by atoms with E-state index in [-0.39, 0.29) is 5.84 Å². The maximum Gasteiger partial charge on any atom is 0.164 e. The van der Waals surface area contributed by atoms with Gasteiger partial charge in [-0.3, -0.25) is 5.41 Å². The zero-order valence-electron chi connectivity index (χ0n) is 30.4. The van der Waals surface area contributed by atoms with Gasteiger partial charge in [0.15, 0.2) is 29.1 Å². The highest BCUT2D eigenvalue weighted by Crippen LogP contribution is 2.41. The number of fused-ring (bicyclic) bond motifs is 5. The molecular formula is C49H31N5OS2. The number of nitrogens with one attached hydrogen (secondary N) is 1. The Labute approximate surface area is 336 Å². The molecule has 0 fully saturated rings. The number of benzene rings is 6. The van der Waals surface area contributed by atoms with Crippen LogP contribution >= 0.6 is 22.7 Å². The summed E-state index contributed by atoms with van der Waals surface area (Å²) in [7, 11) is 0. The number of thiophene rings is 2. The molecule has 6 aromatic carbocycles. The van der Waals surface area contributed by atoms with Crippen LogP contribution in [-0.2, 0) is 0 Å². The topological polar surface area (TPSA) is 88.0 Å². The van der Waals surface area contributed by atoms with Crippen LogP contribution in [0.2, 0.25) is 0 Å². The number of aromatic nitrogens is 3. The molecule has 0 atom stereocenters. The first-order chi connectivity index (χ1) is 28.0. The lowest BCUT2D eigenvalue weighted by molar-refractivity contribution is 0.605. The molecule has 0 aliphatic heterocycles. The Hall–Kier alpha value is -7.13. The molecule has 0 spiro atoms. The van der Waals surface area contributed by atoms with Crippen molar-refractivity contribution >= 4 is 87.1 Å². The van der Waals surface area contributed by atoms with E-state index in [0.29, 0.717) is 34.5 Å². The van der Waals surface area contributed by atoms with Crippen molar-refractivity contribution < 1.29 is 4.42 Å². The molecule has 1 N–H and O–H groups in total. The standard InChI is InChI=1S/C49H31N5OS2/c1-3-34-37-27-33(48-52-47(31-17-8-5-9-18-31)53-49(54-48)36-21-14-24-42-43(36)35-20-11-13-23-40(35)56-42)25-26-41(37)57-45(34)29(2)46(50)51-44(30-15-6-4-7-16-30)39-28-32-19-10-12-22-38(32)55-39/h3-28,50H,1-2H2/b50-46?,51-44-. The van der Waals surface area contributed by atoms with Crippen molar-refractivity contribution in [2.45, 2.75) is 0 Å². The molecule has 0 saturated carbocycles. The van der Waals surface area contributed by atoms with E-state index in [1.165, 1.54) is 14.8 Å². The quantitative estimate of drug-likeness (QED) is 0.123. The van der Waals surface area contributed by atoms with Crippen LogP contribution in [0.3, 0.4) is 0 Å². The smallest absolute Gasteiger partial charge is 0.164 e. The van der Waals surface area contributed by atoms with Crippen molar-refractivity contribution in [2.75, 3.05) is 0 Å². The molecule has 0 saturated heterocycles. The van der Waals surface area contributed by atoms with E-state index in [1.54, 1.807) is 22.7 Å². The van der Waals surface area contributed by atoms with Crippen molar-refractivity contribution in [3.8, 4) is 34.2 Å². The lowest BCUT2D eigenvalue weighted by Gasteiger charge is -2.10. The van der Waals surface area contributed by atoms with Gasteiger partial charge in [0.25, 0.3) is 0 Å². The first-order valence-corrected chi connectivity index (χ1v) is 20.0. The summed E-state index contributed by atoms with van der Waals surface area (Å²) in [5.41, 5.74) is 6.23. The maximum atomic E-state index is 9.24. The average Bonchev–Trinajstić information content (AvgIpc) is 3.98. The van der Waals surface area contributed by atoms with Crippen molar-refractivity contribution in [1.29, 1.82) is 5.41 Å². The van der Waals surface area contributed by atoms with Crippen LogP contribution in [0.4, 0.5) is 0 Å². The number of aliphatic imine (C=N–C) groups is 1. The van der Waals surface area contributed by atoms with E-state index in [2.05, 4.69) is 67.8 Å². The Balaban J connectivity index is 1.08. The number of hydrogen-bond acceptors (Lipinski definition) is 7. The van der Waals surface area contributed by atoms with E-state index < -0.39 is 0 Å². The second-order valence-corrected chi connectivity index (χ2v) is 15.6. The van der Waals surface area contributed by atoms with Crippen LogP contribution in [0.25, 0.3) is 87.0 Å². The Morgan fingerprint density at radius 2 is 1.32 bits per heavy atom. The Bertz CT molecular complexity index is 3210. The van der Waals surface area contributed by atoms with Gasteiger partial charge in [0.2, 0.25) is 0 Å². The SMILES string of the molecule is C=Cc1c(C(=C)C(=N)/N=C(/c2ccccc2)c2cc3ccccc3o2)sc2ccc(-c3nc(-c4ccccc4)nc(-c4cccc5sc6ccccc6c45)n3)cc12. The van der Waals surface area contributed by atoms with Crippen molar-refractivity contribution in [3.05, 3.63) is 187 Å². The minimum absolute atomic E-state index is 0.0360. The number of furan rings is 1. The van der Waals surface area contributed by atoms with Gasteiger partial charge in [0.1, 0.15) is 11.3 Å². The van der Waals surface area contributed by atoms with E-state index in [0.717, 1.165) is 59.1 Å². The third kappa shape index (κ3) is 6.17. The molecule has 0 aliphatic carbocycles. The molecule has 10 rings (SSSR count). The lowest BCUT2D eigenvalue weighted by Crippen LogP contribution is -2.07. The molecule has 6 nitrogen and oxygen atoms in total. The lowest BCUT2D eigenvalue weighted by atomic mass is 10.0. The second kappa shape index (κ2) is 14.2. The average molecular weight is 770 g/mol. The summed E-state index contributed by atoms with van der Waals surface area (Å²) in [6, 6.07) is 50.7. The fourth-order valence-corrected chi connectivity index (χ4v) is 9.52. The zero-order valence-corrected chi connectivity index (χ0v) is 32.1. The Morgan fingerprint density at radius 1 is 0.632 bits per heavy atom. The number of para-hydroxylation sites is 1. The molecule has 4 aromatic heterocycles. The fourth-order valence-electron chi connectivity index (χ4n) is 7.23. The number of amidine groups is 1. The predicted molar refractivity (Wildman–Crippen MR) is 240 cm³/mol. The molecule has 0 unspecified atom stereocenters. The van der Waals surface area contributed by atoms with E-state index in [1.807, 2.05) is 103 Å². The first-order valence-electron chi connectivity index (χ1n) is 18.3. The van der Waals surface area contributed by atoms with Gasteiger partial charge in [-0.05, 0) is 42.5 Å². The van der Waals surface area contributed by atoms with Gasteiger partial charge in [0, 0.05) is 73.9 Å². The summed E-state index contributed by atoms with van der Waals surface area (Å²) in [5.74, 6) is 2.39. The minimum atomic E-state index is 0.0360. The van der Waals surface area contributed by atoms with Crippen LogP contribution in [0.1, 0.15) is 21.8 Å². The highest BCUT2D eigenvalue weighted by Gasteiger charge is 2.21. The van der Waals surface area contributed by atoms with E-state index in [9.17, 15) is 5.41 Å². The normalized spacial score (nSPS) is 11.8.